The summed E-state index contributed by atoms with van der Waals surface area (Å²) >= 11 is 2.09. The molecule has 0 amide bonds. The summed E-state index contributed by atoms with van der Waals surface area (Å²) in [6.45, 7) is 2.38. The molecule has 0 saturated carbocycles. The Kier molecular flexibility index (Phi) is 4.53. The molecule has 1 aliphatic heterocycles. The molecule has 124 valence electrons. The van der Waals surface area contributed by atoms with Gasteiger partial charge < -0.3 is 4.74 Å². The predicted octanol–water partition coefficient (Wildman–Crippen LogP) is 3.12. The second kappa shape index (κ2) is 6.17. The van der Waals surface area contributed by atoms with Gasteiger partial charge in [-0.15, -0.1) is 0 Å². The fraction of sp³-hybridized carbons (Fsp3) is 0.357. The zero-order chi connectivity index (χ0) is 16.8. The van der Waals surface area contributed by atoms with Gasteiger partial charge in [0, 0.05) is 42.3 Å². The van der Waals surface area contributed by atoms with Crippen molar-refractivity contribution in [3.63, 3.8) is 0 Å². The minimum atomic E-state index is -3.24. The Labute approximate surface area is 150 Å². The number of aryl methyl sites for hydroxylation is 1. The van der Waals surface area contributed by atoms with E-state index in [4.69, 9.17) is 4.74 Å². The van der Waals surface area contributed by atoms with E-state index in [0.717, 1.165) is 16.5 Å². The number of methoxy groups -OCH3 is 1. The normalized spacial score (nSPS) is 16.9. The Balaban J connectivity index is 2.23. The third kappa shape index (κ3) is 2.82. The first-order valence-electron chi connectivity index (χ1n) is 6.93. The molecular formula is C14H15IN2O4S2. The highest BCUT2D eigenvalue weighted by atomic mass is 127. The number of ether oxygens (including phenoxy) is 1. The maximum atomic E-state index is 12.2. The van der Waals surface area contributed by atoms with Crippen LogP contribution in [0.2, 0.25) is 0 Å². The molecule has 1 aliphatic rings. The second-order valence-electron chi connectivity index (χ2n) is 5.32. The van der Waals surface area contributed by atoms with Gasteiger partial charge in [-0.05, 0) is 37.1 Å². The predicted molar refractivity (Wildman–Crippen MR) is 101 cm³/mol. The SMILES string of the molecule is COC(=O)c1cc2cc(C)c(N3CCCS3(=O)=O)cc2n1SI. The Hall–Kier alpha value is -0.940. The molecular weight excluding hydrogens is 451 g/mol. The van der Waals surface area contributed by atoms with Gasteiger partial charge in [-0.3, -0.25) is 8.28 Å². The first-order chi connectivity index (χ1) is 10.9. The van der Waals surface area contributed by atoms with Gasteiger partial charge in [-0.2, -0.15) is 0 Å². The molecule has 0 atom stereocenters. The van der Waals surface area contributed by atoms with Crippen molar-refractivity contribution in [3.05, 3.63) is 29.5 Å². The summed E-state index contributed by atoms with van der Waals surface area (Å²) in [6, 6.07) is 5.52. The van der Waals surface area contributed by atoms with Crippen molar-refractivity contribution in [1.29, 1.82) is 0 Å². The fourth-order valence-electron chi connectivity index (χ4n) is 2.83. The van der Waals surface area contributed by atoms with Crippen molar-refractivity contribution >= 4 is 62.9 Å². The van der Waals surface area contributed by atoms with Crippen molar-refractivity contribution in [2.24, 2.45) is 0 Å². The van der Waals surface area contributed by atoms with Crippen LogP contribution in [0.3, 0.4) is 0 Å². The van der Waals surface area contributed by atoms with Crippen LogP contribution in [0.1, 0.15) is 22.5 Å². The molecule has 0 unspecified atom stereocenters. The van der Waals surface area contributed by atoms with Gasteiger partial charge in [0.2, 0.25) is 10.0 Å². The topological polar surface area (TPSA) is 68.6 Å². The van der Waals surface area contributed by atoms with Gasteiger partial charge in [-0.25, -0.2) is 13.2 Å². The molecule has 2 aromatic rings. The largest absolute Gasteiger partial charge is 0.464 e. The number of rotatable bonds is 3. The van der Waals surface area contributed by atoms with Crippen LogP contribution >= 0.6 is 30.3 Å². The monoisotopic (exact) mass is 466 g/mol. The third-order valence-corrected chi connectivity index (χ3v) is 7.48. The quantitative estimate of drug-likeness (QED) is 0.514. The van der Waals surface area contributed by atoms with Gasteiger partial charge in [0.25, 0.3) is 0 Å². The lowest BCUT2D eigenvalue weighted by Crippen LogP contribution is -2.25. The van der Waals surface area contributed by atoms with Crippen molar-refractivity contribution < 1.29 is 17.9 Å². The lowest BCUT2D eigenvalue weighted by Gasteiger charge is -2.19. The number of esters is 1. The Bertz CT molecular complexity index is 892. The van der Waals surface area contributed by atoms with Crippen molar-refractivity contribution in [2.75, 3.05) is 23.7 Å². The molecule has 1 aromatic heterocycles. The van der Waals surface area contributed by atoms with E-state index in [1.54, 1.807) is 10.0 Å². The summed E-state index contributed by atoms with van der Waals surface area (Å²) in [6.07, 6.45) is 0.634. The second-order valence-corrected chi connectivity index (χ2v) is 9.02. The van der Waals surface area contributed by atoms with Crippen LogP contribution in [0, 0.1) is 6.92 Å². The molecule has 2 heterocycles. The summed E-state index contributed by atoms with van der Waals surface area (Å²) in [5.74, 6) is -0.238. The van der Waals surface area contributed by atoms with Crippen LogP contribution in [0.15, 0.2) is 18.2 Å². The number of hydrogen-bond donors (Lipinski definition) is 0. The van der Waals surface area contributed by atoms with E-state index in [0.29, 0.717) is 24.3 Å². The van der Waals surface area contributed by atoms with Crippen LogP contribution in [0.4, 0.5) is 5.69 Å². The number of anilines is 1. The number of halogens is 1. The number of carbonyl (C=O) groups is 1. The lowest BCUT2D eigenvalue weighted by molar-refractivity contribution is 0.0594. The zero-order valence-corrected chi connectivity index (χ0v) is 16.4. The summed E-state index contributed by atoms with van der Waals surface area (Å²) in [7, 11) is -0.548. The van der Waals surface area contributed by atoms with Crippen molar-refractivity contribution in [2.45, 2.75) is 13.3 Å². The summed E-state index contributed by atoms with van der Waals surface area (Å²) in [4.78, 5) is 11.9. The average molecular weight is 466 g/mol. The Morgan fingerprint density at radius 2 is 2.09 bits per heavy atom. The number of fused-ring (bicyclic) bond motifs is 1. The molecule has 1 fully saturated rings. The van der Waals surface area contributed by atoms with E-state index < -0.39 is 16.0 Å². The number of nitrogens with zero attached hydrogens (tertiary/aromatic N) is 2. The Morgan fingerprint density at radius 3 is 2.65 bits per heavy atom. The molecule has 1 aromatic carbocycles. The van der Waals surface area contributed by atoms with Crippen molar-refractivity contribution in [3.8, 4) is 0 Å². The number of hydrogen-bond acceptors (Lipinski definition) is 5. The highest BCUT2D eigenvalue weighted by molar-refractivity contribution is 14.2. The highest BCUT2D eigenvalue weighted by Gasteiger charge is 2.30. The fourth-order valence-corrected chi connectivity index (χ4v) is 6.16. The summed E-state index contributed by atoms with van der Waals surface area (Å²) in [5.41, 5.74) is 2.78. The molecule has 6 nitrogen and oxygen atoms in total. The standard InChI is InChI=1S/C14H15IN2O4S2/c1-9-6-10-7-13(14(18)21-2)17(22-15)12(10)8-11(9)16-4-3-5-23(16,19)20/h6-8H,3-5H2,1-2H3. The van der Waals surface area contributed by atoms with Crippen molar-refractivity contribution in [1.82, 2.24) is 3.97 Å². The number of aromatic nitrogens is 1. The molecule has 3 rings (SSSR count). The van der Waals surface area contributed by atoms with E-state index in [-0.39, 0.29) is 5.75 Å². The third-order valence-electron chi connectivity index (χ3n) is 3.91. The van der Waals surface area contributed by atoms with Gasteiger partial charge >= 0.3 is 5.97 Å². The lowest BCUT2D eigenvalue weighted by atomic mass is 10.1. The van der Waals surface area contributed by atoms with Gasteiger partial charge in [0.05, 0.1) is 24.1 Å². The molecule has 0 N–H and O–H groups in total. The van der Waals surface area contributed by atoms with E-state index >= 15 is 0 Å². The molecule has 23 heavy (non-hydrogen) atoms. The zero-order valence-electron chi connectivity index (χ0n) is 12.6. The van der Waals surface area contributed by atoms with Gasteiger partial charge in [0.15, 0.2) is 0 Å². The first-order valence-corrected chi connectivity index (χ1v) is 11.9. The summed E-state index contributed by atoms with van der Waals surface area (Å²) in [5, 5.41) is 0.882. The van der Waals surface area contributed by atoms with Crippen LogP contribution < -0.4 is 4.31 Å². The summed E-state index contributed by atoms with van der Waals surface area (Å²) < 4.78 is 32.4. The number of sulfonamides is 1. The van der Waals surface area contributed by atoms with Crippen LogP contribution in [0.25, 0.3) is 10.9 Å². The molecule has 0 bridgehead atoms. The molecule has 0 aliphatic carbocycles. The minimum absolute atomic E-state index is 0.180. The van der Waals surface area contributed by atoms with E-state index in [1.165, 1.54) is 20.5 Å². The smallest absolute Gasteiger partial charge is 0.355 e. The minimum Gasteiger partial charge on any atom is -0.464 e. The van der Waals surface area contributed by atoms with Crippen LogP contribution in [-0.2, 0) is 14.8 Å². The number of carbonyl (C=O) groups excluding carboxylic acids is 1. The molecule has 1 saturated heterocycles. The van der Waals surface area contributed by atoms with Gasteiger partial charge in [-0.1, -0.05) is 0 Å². The van der Waals surface area contributed by atoms with E-state index in [9.17, 15) is 13.2 Å². The molecule has 9 heteroatoms. The van der Waals surface area contributed by atoms with E-state index in [2.05, 4.69) is 21.2 Å². The highest BCUT2D eigenvalue weighted by Crippen LogP contribution is 2.35. The average Bonchev–Trinajstić information content (AvgIpc) is 3.04. The number of benzene rings is 1. The van der Waals surface area contributed by atoms with Crippen LogP contribution in [-0.4, -0.2) is 37.8 Å². The maximum Gasteiger partial charge on any atom is 0.355 e. The molecule has 0 radical (unpaired) electrons. The Morgan fingerprint density at radius 1 is 1.35 bits per heavy atom. The van der Waals surface area contributed by atoms with Gasteiger partial charge in [0.1, 0.15) is 5.69 Å². The first kappa shape index (κ1) is 16.9. The maximum absolute atomic E-state index is 12.2. The van der Waals surface area contributed by atoms with E-state index in [1.807, 2.05) is 19.1 Å². The van der Waals surface area contributed by atoms with Crippen LogP contribution in [0.5, 0.6) is 0 Å². The molecule has 0 spiro atoms.